The molecule has 0 heterocycles. The van der Waals surface area contributed by atoms with Crippen LogP contribution in [0.15, 0.2) is 36.4 Å². The molecule has 0 aliphatic rings. The van der Waals surface area contributed by atoms with Crippen molar-refractivity contribution in [3.8, 4) is 11.1 Å². The van der Waals surface area contributed by atoms with Crippen molar-refractivity contribution in [2.24, 2.45) is 0 Å². The number of hydrogen-bond donors (Lipinski definition) is 1. The highest BCUT2D eigenvalue weighted by molar-refractivity contribution is 6.33. The number of halogens is 2. The molecule has 6 heteroatoms. The van der Waals surface area contributed by atoms with E-state index in [4.69, 9.17) is 11.6 Å². The number of esters is 1. The molecule has 0 unspecified atom stereocenters. The molecule has 0 bridgehead atoms. The molecular formula is C15H10ClFO4. The Hall–Kier alpha value is -2.40. The molecule has 0 atom stereocenters. The van der Waals surface area contributed by atoms with Crippen molar-refractivity contribution in [2.45, 2.75) is 0 Å². The Kier molecular flexibility index (Phi) is 4.23. The number of hydrogen-bond acceptors (Lipinski definition) is 3. The van der Waals surface area contributed by atoms with Crippen molar-refractivity contribution in [2.75, 3.05) is 7.11 Å². The SMILES string of the molecule is COC(=O)c1ccc(Cl)c(-c2cc(F)ccc2C(=O)O)c1. The molecule has 0 saturated heterocycles. The van der Waals surface area contributed by atoms with Crippen molar-refractivity contribution < 1.29 is 23.8 Å². The van der Waals surface area contributed by atoms with E-state index in [1.165, 1.54) is 25.3 Å². The zero-order valence-corrected chi connectivity index (χ0v) is 11.6. The summed E-state index contributed by atoms with van der Waals surface area (Å²) in [6.45, 7) is 0. The number of ether oxygens (including phenoxy) is 1. The summed E-state index contributed by atoms with van der Waals surface area (Å²) in [7, 11) is 1.22. The van der Waals surface area contributed by atoms with Gasteiger partial charge in [0.15, 0.2) is 0 Å². The molecule has 108 valence electrons. The Morgan fingerprint density at radius 3 is 2.48 bits per heavy atom. The maximum Gasteiger partial charge on any atom is 0.337 e. The summed E-state index contributed by atoms with van der Waals surface area (Å²) in [6.07, 6.45) is 0. The second-order valence-electron chi connectivity index (χ2n) is 4.18. The number of carboxylic acid groups (broad SMARTS) is 1. The van der Waals surface area contributed by atoms with Crippen molar-refractivity contribution in [1.82, 2.24) is 0 Å². The largest absolute Gasteiger partial charge is 0.478 e. The van der Waals surface area contributed by atoms with Gasteiger partial charge in [-0.15, -0.1) is 0 Å². The maximum atomic E-state index is 13.4. The van der Waals surface area contributed by atoms with E-state index >= 15 is 0 Å². The summed E-state index contributed by atoms with van der Waals surface area (Å²) in [5.74, 6) is -2.42. The fourth-order valence-electron chi connectivity index (χ4n) is 1.90. The third kappa shape index (κ3) is 3.03. The van der Waals surface area contributed by atoms with Gasteiger partial charge in [0.25, 0.3) is 0 Å². The molecule has 0 saturated carbocycles. The Morgan fingerprint density at radius 1 is 1.14 bits per heavy atom. The summed E-state index contributed by atoms with van der Waals surface area (Å²) in [6, 6.07) is 7.50. The molecule has 0 radical (unpaired) electrons. The number of benzene rings is 2. The highest BCUT2D eigenvalue weighted by Crippen LogP contribution is 2.32. The zero-order chi connectivity index (χ0) is 15.6. The van der Waals surface area contributed by atoms with Crippen molar-refractivity contribution in [1.29, 1.82) is 0 Å². The van der Waals surface area contributed by atoms with Crippen LogP contribution in [0.5, 0.6) is 0 Å². The highest BCUT2D eigenvalue weighted by Gasteiger charge is 2.17. The van der Waals surface area contributed by atoms with Crippen LogP contribution in [0.3, 0.4) is 0 Å². The topological polar surface area (TPSA) is 63.6 Å². The van der Waals surface area contributed by atoms with Gasteiger partial charge in [0.05, 0.1) is 18.2 Å². The molecule has 0 spiro atoms. The molecule has 2 aromatic rings. The lowest BCUT2D eigenvalue weighted by atomic mass is 9.97. The van der Waals surface area contributed by atoms with Crippen molar-refractivity contribution in [3.05, 3.63) is 58.4 Å². The van der Waals surface area contributed by atoms with E-state index in [0.29, 0.717) is 0 Å². The Morgan fingerprint density at radius 2 is 1.86 bits per heavy atom. The standard InChI is InChI=1S/C15H10ClFO4/c1-21-15(20)8-2-5-13(16)12(6-8)11-7-9(17)3-4-10(11)14(18)19/h2-7H,1H3,(H,18,19). The Bertz CT molecular complexity index is 728. The minimum atomic E-state index is -1.22. The minimum absolute atomic E-state index is 0.0956. The number of methoxy groups -OCH3 is 1. The molecule has 0 aromatic heterocycles. The fourth-order valence-corrected chi connectivity index (χ4v) is 2.12. The quantitative estimate of drug-likeness (QED) is 0.879. The van der Waals surface area contributed by atoms with Gasteiger partial charge in [0, 0.05) is 16.1 Å². The summed E-state index contributed by atoms with van der Waals surface area (Å²) < 4.78 is 18.0. The molecule has 0 aliphatic carbocycles. The van der Waals surface area contributed by atoms with E-state index in [2.05, 4.69) is 4.74 Å². The summed E-state index contributed by atoms with van der Waals surface area (Å²) in [5.41, 5.74) is 0.424. The van der Waals surface area contributed by atoms with E-state index in [-0.39, 0.29) is 27.3 Å². The van der Waals surface area contributed by atoms with Crippen LogP contribution in [0, 0.1) is 5.82 Å². The number of aromatic carboxylic acids is 1. The second-order valence-corrected chi connectivity index (χ2v) is 4.59. The van der Waals surface area contributed by atoms with Gasteiger partial charge in [-0.1, -0.05) is 11.6 Å². The van der Waals surface area contributed by atoms with Crippen LogP contribution in [0.25, 0.3) is 11.1 Å². The van der Waals surface area contributed by atoms with E-state index in [1.807, 2.05) is 0 Å². The molecule has 4 nitrogen and oxygen atoms in total. The van der Waals surface area contributed by atoms with Gasteiger partial charge in [-0.25, -0.2) is 14.0 Å². The smallest absolute Gasteiger partial charge is 0.337 e. The van der Waals surface area contributed by atoms with E-state index in [9.17, 15) is 19.1 Å². The van der Waals surface area contributed by atoms with Gasteiger partial charge in [-0.3, -0.25) is 0 Å². The first-order chi connectivity index (χ1) is 9.93. The molecule has 0 amide bonds. The van der Waals surface area contributed by atoms with Gasteiger partial charge in [-0.05, 0) is 36.4 Å². The maximum absolute atomic E-state index is 13.4. The lowest BCUT2D eigenvalue weighted by Gasteiger charge is -2.10. The van der Waals surface area contributed by atoms with Gasteiger partial charge in [-0.2, -0.15) is 0 Å². The monoisotopic (exact) mass is 308 g/mol. The summed E-state index contributed by atoms with van der Waals surface area (Å²) in [4.78, 5) is 22.8. The third-order valence-corrected chi connectivity index (χ3v) is 3.22. The number of carbonyl (C=O) groups is 2. The molecule has 2 aromatic carbocycles. The Balaban J connectivity index is 2.69. The first-order valence-corrected chi connectivity index (χ1v) is 6.23. The van der Waals surface area contributed by atoms with Gasteiger partial charge >= 0.3 is 11.9 Å². The van der Waals surface area contributed by atoms with E-state index < -0.39 is 17.8 Å². The van der Waals surface area contributed by atoms with Crippen LogP contribution in [0.4, 0.5) is 4.39 Å². The summed E-state index contributed by atoms with van der Waals surface area (Å²) >= 11 is 6.04. The number of carboxylic acids is 1. The van der Waals surface area contributed by atoms with Gasteiger partial charge in [0.1, 0.15) is 5.82 Å². The lowest BCUT2D eigenvalue weighted by molar-refractivity contribution is 0.0600. The lowest BCUT2D eigenvalue weighted by Crippen LogP contribution is -2.03. The normalized spacial score (nSPS) is 10.2. The number of carbonyl (C=O) groups excluding carboxylic acids is 1. The first kappa shape index (κ1) is 15.0. The Labute approximate surface area is 124 Å². The van der Waals surface area contributed by atoms with Crippen LogP contribution in [0.1, 0.15) is 20.7 Å². The van der Waals surface area contributed by atoms with E-state index in [1.54, 1.807) is 0 Å². The average molecular weight is 309 g/mol. The zero-order valence-electron chi connectivity index (χ0n) is 10.9. The third-order valence-electron chi connectivity index (χ3n) is 2.89. The predicted molar refractivity (Wildman–Crippen MR) is 75.1 cm³/mol. The summed E-state index contributed by atoms with van der Waals surface area (Å²) in [5, 5.41) is 9.38. The second kappa shape index (κ2) is 5.93. The van der Waals surface area contributed by atoms with Crippen molar-refractivity contribution >= 4 is 23.5 Å². The average Bonchev–Trinajstić information content (AvgIpc) is 2.46. The van der Waals surface area contributed by atoms with Crippen LogP contribution in [0.2, 0.25) is 5.02 Å². The minimum Gasteiger partial charge on any atom is -0.478 e. The van der Waals surface area contributed by atoms with Crippen LogP contribution < -0.4 is 0 Å². The molecule has 0 fully saturated rings. The number of rotatable bonds is 3. The molecule has 21 heavy (non-hydrogen) atoms. The first-order valence-electron chi connectivity index (χ1n) is 5.85. The molecule has 2 rings (SSSR count). The van der Waals surface area contributed by atoms with Gasteiger partial charge < -0.3 is 9.84 Å². The molecule has 1 N–H and O–H groups in total. The molecular weight excluding hydrogens is 299 g/mol. The van der Waals surface area contributed by atoms with Crippen LogP contribution in [-0.4, -0.2) is 24.2 Å². The van der Waals surface area contributed by atoms with Gasteiger partial charge in [0.2, 0.25) is 0 Å². The van der Waals surface area contributed by atoms with Crippen LogP contribution >= 0.6 is 11.6 Å². The van der Waals surface area contributed by atoms with Crippen LogP contribution in [-0.2, 0) is 4.74 Å². The predicted octanol–water partition coefficient (Wildman–Crippen LogP) is 3.63. The highest BCUT2D eigenvalue weighted by atomic mass is 35.5. The fraction of sp³-hybridized carbons (Fsp3) is 0.0667. The molecule has 0 aliphatic heterocycles. The van der Waals surface area contributed by atoms with Crippen molar-refractivity contribution in [3.63, 3.8) is 0 Å². The van der Waals surface area contributed by atoms with E-state index in [0.717, 1.165) is 18.2 Å².